The molecule has 0 fully saturated rings. The van der Waals surface area contributed by atoms with Gasteiger partial charge in [-0.2, -0.15) is 0 Å². The lowest BCUT2D eigenvalue weighted by molar-refractivity contribution is 0.594. The van der Waals surface area contributed by atoms with Gasteiger partial charge in [-0.15, -0.1) is 0 Å². The van der Waals surface area contributed by atoms with Crippen molar-refractivity contribution in [1.29, 1.82) is 0 Å². The van der Waals surface area contributed by atoms with Gasteiger partial charge in [-0.05, 0) is 48.2 Å². The van der Waals surface area contributed by atoms with E-state index in [1.807, 2.05) is 18.5 Å². The molecule has 1 aromatic carbocycles. The predicted molar refractivity (Wildman–Crippen MR) is 95.0 cm³/mol. The van der Waals surface area contributed by atoms with E-state index >= 15 is 0 Å². The summed E-state index contributed by atoms with van der Waals surface area (Å²) < 4.78 is 2.48. The number of hydrogen-bond acceptors (Lipinski definition) is 2. The highest BCUT2D eigenvalue weighted by Crippen LogP contribution is 2.31. The zero-order chi connectivity index (χ0) is 15.8. The highest BCUT2D eigenvalue weighted by atomic mass is 35.5. The maximum absolute atomic E-state index is 6.22. The van der Waals surface area contributed by atoms with Gasteiger partial charge in [0.05, 0.1) is 0 Å². The third-order valence-corrected chi connectivity index (χ3v) is 4.88. The van der Waals surface area contributed by atoms with Crippen LogP contribution in [0.15, 0.2) is 36.7 Å². The number of aromatic nitrogens is 2. The Morgan fingerprint density at radius 2 is 2.17 bits per heavy atom. The molecule has 4 rings (SSSR count). The van der Waals surface area contributed by atoms with Crippen molar-refractivity contribution in [2.45, 2.75) is 32.9 Å². The summed E-state index contributed by atoms with van der Waals surface area (Å²) in [5.74, 6) is 0. The van der Waals surface area contributed by atoms with E-state index in [0.717, 1.165) is 37.5 Å². The molecule has 2 aromatic heterocycles. The highest BCUT2D eigenvalue weighted by molar-refractivity contribution is 6.31. The van der Waals surface area contributed by atoms with Crippen molar-refractivity contribution in [1.82, 2.24) is 14.9 Å². The Balaban J connectivity index is 1.74. The smallest absolute Gasteiger partial charge is 0.0487 e. The summed E-state index contributed by atoms with van der Waals surface area (Å²) in [4.78, 5) is 4.31. The number of rotatable bonds is 3. The number of hydrogen-bond donors (Lipinski definition) is 1. The monoisotopic (exact) mass is 325 g/mol. The maximum atomic E-state index is 6.22. The van der Waals surface area contributed by atoms with Crippen LogP contribution in [0.1, 0.15) is 22.4 Å². The first-order valence-electron chi connectivity index (χ1n) is 8.13. The van der Waals surface area contributed by atoms with Crippen LogP contribution in [0.3, 0.4) is 0 Å². The summed E-state index contributed by atoms with van der Waals surface area (Å²) in [6.45, 7) is 5.06. The molecule has 0 bridgehead atoms. The van der Waals surface area contributed by atoms with E-state index in [-0.39, 0.29) is 0 Å². The summed E-state index contributed by atoms with van der Waals surface area (Å²) in [7, 11) is 0. The Morgan fingerprint density at radius 3 is 3.04 bits per heavy atom. The SMILES string of the molecule is Cc1cncc(CCn2c3c(c4cc(Cl)ccc42)CNCC3)c1. The van der Waals surface area contributed by atoms with Crippen LogP contribution in [-0.2, 0) is 25.9 Å². The van der Waals surface area contributed by atoms with Crippen molar-refractivity contribution in [2.24, 2.45) is 0 Å². The predicted octanol–water partition coefficient (Wildman–Crippen LogP) is 3.89. The molecular weight excluding hydrogens is 306 g/mol. The standard InChI is InChI=1S/C19H20ClN3/c1-13-8-14(11-22-10-13)5-7-23-18-3-2-15(20)9-16(18)17-12-21-6-4-19(17)23/h2-3,8-11,21H,4-7,12H2,1H3. The Bertz CT molecular complexity index is 866. The molecule has 23 heavy (non-hydrogen) atoms. The number of pyridine rings is 1. The first-order valence-corrected chi connectivity index (χ1v) is 8.51. The van der Waals surface area contributed by atoms with Crippen LogP contribution in [0.25, 0.3) is 10.9 Å². The molecule has 0 spiro atoms. The molecule has 1 aliphatic rings. The number of nitrogens with zero attached hydrogens (tertiary/aromatic N) is 2. The molecule has 3 heterocycles. The summed E-state index contributed by atoms with van der Waals surface area (Å²) in [6.07, 6.45) is 5.96. The minimum atomic E-state index is 0.811. The van der Waals surface area contributed by atoms with Crippen molar-refractivity contribution in [2.75, 3.05) is 6.54 Å². The van der Waals surface area contributed by atoms with Crippen LogP contribution < -0.4 is 5.32 Å². The van der Waals surface area contributed by atoms with Gasteiger partial charge >= 0.3 is 0 Å². The van der Waals surface area contributed by atoms with E-state index in [9.17, 15) is 0 Å². The second-order valence-electron chi connectivity index (χ2n) is 6.29. The molecular formula is C19H20ClN3. The fourth-order valence-corrected chi connectivity index (χ4v) is 3.78. The van der Waals surface area contributed by atoms with Crippen LogP contribution in [0, 0.1) is 6.92 Å². The summed E-state index contributed by atoms with van der Waals surface area (Å²) in [6, 6.07) is 8.48. The van der Waals surface area contributed by atoms with Gasteiger partial charge in [0.1, 0.15) is 0 Å². The zero-order valence-corrected chi connectivity index (χ0v) is 14.0. The topological polar surface area (TPSA) is 29.9 Å². The third-order valence-electron chi connectivity index (χ3n) is 4.64. The molecule has 0 radical (unpaired) electrons. The van der Waals surface area contributed by atoms with Crippen molar-refractivity contribution >= 4 is 22.5 Å². The van der Waals surface area contributed by atoms with Crippen molar-refractivity contribution < 1.29 is 0 Å². The minimum absolute atomic E-state index is 0.811. The molecule has 0 saturated heterocycles. The second-order valence-corrected chi connectivity index (χ2v) is 6.72. The quantitative estimate of drug-likeness (QED) is 0.792. The molecule has 1 N–H and O–H groups in total. The van der Waals surface area contributed by atoms with E-state index in [1.165, 1.54) is 33.3 Å². The lowest BCUT2D eigenvalue weighted by Gasteiger charge is -2.17. The van der Waals surface area contributed by atoms with E-state index in [4.69, 9.17) is 11.6 Å². The first-order chi connectivity index (χ1) is 11.2. The Labute approximate surface area is 141 Å². The minimum Gasteiger partial charge on any atom is -0.344 e. The number of halogens is 1. The van der Waals surface area contributed by atoms with E-state index < -0.39 is 0 Å². The van der Waals surface area contributed by atoms with Gasteiger partial charge in [0.2, 0.25) is 0 Å². The second kappa shape index (κ2) is 5.99. The molecule has 0 unspecified atom stereocenters. The van der Waals surface area contributed by atoms with Crippen LogP contribution in [0.4, 0.5) is 0 Å². The molecule has 3 nitrogen and oxygen atoms in total. The Hall–Kier alpha value is -1.84. The van der Waals surface area contributed by atoms with Crippen LogP contribution in [0.2, 0.25) is 5.02 Å². The van der Waals surface area contributed by atoms with Crippen LogP contribution in [-0.4, -0.2) is 16.1 Å². The van der Waals surface area contributed by atoms with Crippen molar-refractivity contribution in [3.63, 3.8) is 0 Å². The van der Waals surface area contributed by atoms with Gasteiger partial charge in [0.25, 0.3) is 0 Å². The van der Waals surface area contributed by atoms with Gasteiger partial charge in [-0.25, -0.2) is 0 Å². The fourth-order valence-electron chi connectivity index (χ4n) is 3.60. The van der Waals surface area contributed by atoms with Gasteiger partial charge < -0.3 is 9.88 Å². The molecule has 0 atom stereocenters. The Kier molecular flexibility index (Phi) is 3.83. The lowest BCUT2D eigenvalue weighted by atomic mass is 10.1. The highest BCUT2D eigenvalue weighted by Gasteiger charge is 2.19. The number of benzene rings is 1. The Morgan fingerprint density at radius 1 is 1.26 bits per heavy atom. The first kappa shape index (κ1) is 14.7. The normalized spacial score (nSPS) is 14.2. The average Bonchev–Trinajstić information content (AvgIpc) is 2.86. The van der Waals surface area contributed by atoms with Crippen LogP contribution >= 0.6 is 11.6 Å². The van der Waals surface area contributed by atoms with Gasteiger partial charge in [0, 0.05) is 60.1 Å². The summed E-state index contributed by atoms with van der Waals surface area (Å²) in [5.41, 5.74) is 6.68. The maximum Gasteiger partial charge on any atom is 0.0487 e. The molecule has 4 heteroatoms. The molecule has 118 valence electrons. The van der Waals surface area contributed by atoms with Gasteiger partial charge in [0.15, 0.2) is 0 Å². The fraction of sp³-hybridized carbons (Fsp3) is 0.316. The number of nitrogens with one attached hydrogen (secondary N) is 1. The zero-order valence-electron chi connectivity index (χ0n) is 13.3. The third kappa shape index (κ3) is 2.75. The molecule has 3 aromatic rings. The number of fused-ring (bicyclic) bond motifs is 3. The lowest BCUT2D eigenvalue weighted by Crippen LogP contribution is -2.24. The molecule has 0 aliphatic carbocycles. The van der Waals surface area contributed by atoms with Crippen molar-refractivity contribution in [3.8, 4) is 0 Å². The molecule has 0 saturated carbocycles. The van der Waals surface area contributed by atoms with Gasteiger partial charge in [-0.3, -0.25) is 4.98 Å². The van der Waals surface area contributed by atoms with E-state index in [0.29, 0.717) is 0 Å². The van der Waals surface area contributed by atoms with Crippen LogP contribution in [0.5, 0.6) is 0 Å². The molecule has 0 amide bonds. The number of aryl methyl sites for hydroxylation is 3. The van der Waals surface area contributed by atoms with Gasteiger partial charge in [-0.1, -0.05) is 17.7 Å². The van der Waals surface area contributed by atoms with Crippen molar-refractivity contribution in [3.05, 3.63) is 64.1 Å². The van der Waals surface area contributed by atoms with E-state index in [2.05, 4.69) is 40.0 Å². The average molecular weight is 326 g/mol. The summed E-state index contributed by atoms with van der Waals surface area (Å²) in [5, 5.41) is 5.59. The largest absolute Gasteiger partial charge is 0.344 e. The van der Waals surface area contributed by atoms with E-state index in [1.54, 1.807) is 0 Å². The molecule has 1 aliphatic heterocycles. The summed E-state index contributed by atoms with van der Waals surface area (Å²) >= 11 is 6.22.